The van der Waals surface area contributed by atoms with Crippen LogP contribution in [0.25, 0.3) is 5.69 Å². The van der Waals surface area contributed by atoms with E-state index in [2.05, 4.69) is 5.10 Å². The average molecular weight is 352 g/mol. The lowest BCUT2D eigenvalue weighted by molar-refractivity contribution is 0.0723. The van der Waals surface area contributed by atoms with Gasteiger partial charge in [-0.1, -0.05) is 38.5 Å². The SMILES string of the molecule is Cc1ccc(-n2nc(C(C)(C)C)cc2OC(=O)c2ccc(F)cc2)cc1. The number of hydrogen-bond acceptors (Lipinski definition) is 3. The Labute approximate surface area is 152 Å². The average Bonchev–Trinajstić information content (AvgIpc) is 3.00. The summed E-state index contributed by atoms with van der Waals surface area (Å²) in [5, 5.41) is 4.62. The van der Waals surface area contributed by atoms with Gasteiger partial charge >= 0.3 is 5.97 Å². The fourth-order valence-electron chi connectivity index (χ4n) is 2.41. The van der Waals surface area contributed by atoms with E-state index in [1.54, 1.807) is 10.7 Å². The van der Waals surface area contributed by atoms with Crippen molar-refractivity contribution >= 4 is 5.97 Å². The minimum atomic E-state index is -0.557. The molecule has 0 saturated carbocycles. The molecule has 0 radical (unpaired) electrons. The molecule has 1 heterocycles. The first-order valence-corrected chi connectivity index (χ1v) is 8.39. The molecule has 0 N–H and O–H groups in total. The Balaban J connectivity index is 1.99. The number of aryl methyl sites for hydroxylation is 1. The van der Waals surface area contributed by atoms with Gasteiger partial charge in [-0.15, -0.1) is 0 Å². The van der Waals surface area contributed by atoms with Crippen LogP contribution >= 0.6 is 0 Å². The van der Waals surface area contributed by atoms with Gasteiger partial charge in [0.2, 0.25) is 5.88 Å². The minimum absolute atomic E-state index is 0.201. The summed E-state index contributed by atoms with van der Waals surface area (Å²) in [5.41, 5.74) is 2.81. The highest BCUT2D eigenvalue weighted by Crippen LogP contribution is 2.28. The molecule has 4 nitrogen and oxygen atoms in total. The molecule has 0 spiro atoms. The van der Waals surface area contributed by atoms with Gasteiger partial charge in [-0.05, 0) is 43.3 Å². The second kappa shape index (κ2) is 6.75. The van der Waals surface area contributed by atoms with Crippen LogP contribution in [0.3, 0.4) is 0 Å². The fourth-order valence-corrected chi connectivity index (χ4v) is 2.41. The molecule has 2 aromatic carbocycles. The van der Waals surface area contributed by atoms with Gasteiger partial charge in [0.25, 0.3) is 0 Å². The molecule has 5 heteroatoms. The first-order chi connectivity index (χ1) is 12.2. The number of hydrogen-bond donors (Lipinski definition) is 0. The van der Waals surface area contributed by atoms with E-state index >= 15 is 0 Å². The molecule has 0 aliphatic rings. The van der Waals surface area contributed by atoms with Gasteiger partial charge in [0, 0.05) is 11.5 Å². The maximum absolute atomic E-state index is 13.1. The van der Waals surface area contributed by atoms with Crippen LogP contribution in [0.1, 0.15) is 42.4 Å². The van der Waals surface area contributed by atoms with Crippen molar-refractivity contribution in [2.75, 3.05) is 0 Å². The number of esters is 1. The maximum atomic E-state index is 13.1. The number of ether oxygens (including phenoxy) is 1. The molecule has 0 fully saturated rings. The molecular weight excluding hydrogens is 331 g/mol. The van der Waals surface area contributed by atoms with Gasteiger partial charge in [0.1, 0.15) is 5.82 Å². The summed E-state index contributed by atoms with van der Waals surface area (Å²) in [5.74, 6) is -0.631. The van der Waals surface area contributed by atoms with Gasteiger partial charge in [-0.3, -0.25) is 0 Å². The maximum Gasteiger partial charge on any atom is 0.344 e. The van der Waals surface area contributed by atoms with E-state index in [-0.39, 0.29) is 11.0 Å². The van der Waals surface area contributed by atoms with Gasteiger partial charge in [0.15, 0.2) is 0 Å². The lowest BCUT2D eigenvalue weighted by Gasteiger charge is -2.13. The van der Waals surface area contributed by atoms with E-state index in [0.29, 0.717) is 5.88 Å². The van der Waals surface area contributed by atoms with Crippen LogP contribution in [0.15, 0.2) is 54.6 Å². The third-order valence-electron chi connectivity index (χ3n) is 4.00. The molecule has 1 aromatic heterocycles. The zero-order valence-electron chi connectivity index (χ0n) is 15.3. The molecule has 0 amide bonds. The van der Waals surface area contributed by atoms with Crippen LogP contribution in [0.4, 0.5) is 4.39 Å². The summed E-state index contributed by atoms with van der Waals surface area (Å²) in [4.78, 5) is 12.4. The van der Waals surface area contributed by atoms with Crippen molar-refractivity contribution in [2.24, 2.45) is 0 Å². The Morgan fingerprint density at radius 1 is 1.04 bits per heavy atom. The third kappa shape index (κ3) is 3.82. The molecule has 3 rings (SSSR count). The zero-order chi connectivity index (χ0) is 18.9. The first-order valence-electron chi connectivity index (χ1n) is 8.39. The van der Waals surface area contributed by atoms with E-state index in [1.165, 1.54) is 24.3 Å². The van der Waals surface area contributed by atoms with Gasteiger partial charge in [0.05, 0.1) is 16.9 Å². The van der Waals surface area contributed by atoms with Crippen LogP contribution in [0.5, 0.6) is 5.88 Å². The van der Waals surface area contributed by atoms with E-state index in [1.807, 2.05) is 52.0 Å². The first kappa shape index (κ1) is 17.9. The Hall–Kier alpha value is -2.95. The normalized spacial score (nSPS) is 11.4. The molecule has 0 atom stereocenters. The Morgan fingerprint density at radius 2 is 1.65 bits per heavy atom. The quantitative estimate of drug-likeness (QED) is 0.634. The van der Waals surface area contributed by atoms with Crippen molar-refractivity contribution in [3.63, 3.8) is 0 Å². The van der Waals surface area contributed by atoms with Crippen LogP contribution < -0.4 is 4.74 Å². The molecule has 0 saturated heterocycles. The zero-order valence-corrected chi connectivity index (χ0v) is 15.3. The van der Waals surface area contributed by atoms with Crippen molar-refractivity contribution in [2.45, 2.75) is 33.1 Å². The summed E-state index contributed by atoms with van der Waals surface area (Å²) in [6.07, 6.45) is 0. The van der Waals surface area contributed by atoms with Crippen molar-refractivity contribution in [1.29, 1.82) is 0 Å². The Morgan fingerprint density at radius 3 is 2.23 bits per heavy atom. The minimum Gasteiger partial charge on any atom is -0.404 e. The molecule has 134 valence electrons. The highest BCUT2D eigenvalue weighted by molar-refractivity contribution is 5.90. The Bertz CT molecular complexity index is 920. The largest absolute Gasteiger partial charge is 0.404 e. The number of halogens is 1. The van der Waals surface area contributed by atoms with E-state index < -0.39 is 11.8 Å². The number of carbonyl (C=O) groups excluding carboxylic acids is 1. The summed E-state index contributed by atoms with van der Waals surface area (Å²) in [7, 11) is 0. The number of carbonyl (C=O) groups is 1. The predicted octanol–water partition coefficient (Wildman–Crippen LogP) is 4.84. The van der Waals surface area contributed by atoms with Crippen LogP contribution in [-0.4, -0.2) is 15.7 Å². The lowest BCUT2D eigenvalue weighted by Crippen LogP contribution is -2.13. The summed E-state index contributed by atoms with van der Waals surface area (Å²) in [6.45, 7) is 8.13. The van der Waals surface area contributed by atoms with Crippen LogP contribution in [-0.2, 0) is 5.41 Å². The molecule has 0 bridgehead atoms. The topological polar surface area (TPSA) is 44.1 Å². The van der Waals surface area contributed by atoms with Crippen LogP contribution in [0.2, 0.25) is 0 Å². The number of aromatic nitrogens is 2. The van der Waals surface area contributed by atoms with Crippen molar-refractivity contribution in [1.82, 2.24) is 9.78 Å². The van der Waals surface area contributed by atoms with Crippen molar-refractivity contribution < 1.29 is 13.9 Å². The summed E-state index contributed by atoms with van der Waals surface area (Å²) < 4.78 is 20.2. The molecule has 0 unspecified atom stereocenters. The Kier molecular flexibility index (Phi) is 4.64. The van der Waals surface area contributed by atoms with Gasteiger partial charge in [-0.2, -0.15) is 5.10 Å². The van der Waals surface area contributed by atoms with E-state index in [0.717, 1.165) is 16.9 Å². The highest BCUT2D eigenvalue weighted by atomic mass is 19.1. The van der Waals surface area contributed by atoms with Gasteiger partial charge < -0.3 is 4.74 Å². The molecule has 0 aliphatic heterocycles. The van der Waals surface area contributed by atoms with Crippen LogP contribution in [0, 0.1) is 12.7 Å². The van der Waals surface area contributed by atoms with Gasteiger partial charge in [-0.25, -0.2) is 13.9 Å². The summed E-state index contributed by atoms with van der Waals surface area (Å²) in [6, 6.07) is 14.8. The highest BCUT2D eigenvalue weighted by Gasteiger charge is 2.23. The lowest BCUT2D eigenvalue weighted by atomic mass is 9.93. The number of nitrogens with zero attached hydrogens (tertiary/aromatic N) is 2. The smallest absolute Gasteiger partial charge is 0.344 e. The molecule has 3 aromatic rings. The molecule has 0 aliphatic carbocycles. The fraction of sp³-hybridized carbons (Fsp3) is 0.238. The summed E-state index contributed by atoms with van der Waals surface area (Å²) >= 11 is 0. The predicted molar refractivity (Wildman–Crippen MR) is 98.4 cm³/mol. The van der Waals surface area contributed by atoms with Crippen molar-refractivity contribution in [3.05, 3.63) is 77.2 Å². The number of rotatable bonds is 3. The molecular formula is C21H21FN2O2. The third-order valence-corrected chi connectivity index (χ3v) is 4.00. The molecule has 26 heavy (non-hydrogen) atoms. The van der Waals surface area contributed by atoms with E-state index in [9.17, 15) is 9.18 Å². The number of benzene rings is 2. The monoisotopic (exact) mass is 352 g/mol. The second-order valence-electron chi connectivity index (χ2n) is 7.26. The second-order valence-corrected chi connectivity index (χ2v) is 7.26. The van der Waals surface area contributed by atoms with Crippen molar-refractivity contribution in [3.8, 4) is 11.6 Å². The standard InChI is InChI=1S/C21H21FN2O2/c1-14-5-11-17(12-6-14)24-19(13-18(23-24)21(2,3)4)26-20(25)15-7-9-16(22)10-8-15/h5-13H,1-4H3. The van der Waals surface area contributed by atoms with E-state index in [4.69, 9.17) is 4.74 Å².